The molecule has 0 spiro atoms. The molecule has 2 bridgehead atoms. The van der Waals surface area contributed by atoms with Gasteiger partial charge in [-0.1, -0.05) is 6.42 Å². The number of nitrogens with zero attached hydrogens (tertiary/aromatic N) is 2. The first-order valence-electron chi connectivity index (χ1n) is 6.68. The van der Waals surface area contributed by atoms with Gasteiger partial charge in [0.2, 0.25) is 5.95 Å². The largest absolute Gasteiger partial charge is 0.367 e. The average molecular weight is 232 g/mol. The molecule has 92 valence electrons. The molecule has 0 aliphatic heterocycles. The van der Waals surface area contributed by atoms with E-state index in [-0.39, 0.29) is 0 Å². The summed E-state index contributed by atoms with van der Waals surface area (Å²) in [5, 5.41) is 6.72. The van der Waals surface area contributed by atoms with Crippen LogP contribution in [0.1, 0.15) is 32.6 Å². The quantitative estimate of drug-likeness (QED) is 0.837. The van der Waals surface area contributed by atoms with Crippen molar-refractivity contribution in [3.63, 3.8) is 0 Å². The first-order valence-corrected chi connectivity index (χ1v) is 6.68. The van der Waals surface area contributed by atoms with Gasteiger partial charge < -0.3 is 10.6 Å². The number of hydrogen-bond acceptors (Lipinski definition) is 4. The summed E-state index contributed by atoms with van der Waals surface area (Å²) in [5.74, 6) is 3.53. The lowest BCUT2D eigenvalue weighted by Crippen LogP contribution is -2.26. The van der Waals surface area contributed by atoms with E-state index in [2.05, 4.69) is 27.5 Å². The fourth-order valence-corrected chi connectivity index (χ4v) is 3.29. The van der Waals surface area contributed by atoms with E-state index in [1.54, 1.807) is 0 Å². The van der Waals surface area contributed by atoms with Gasteiger partial charge in [-0.2, -0.15) is 4.98 Å². The molecule has 0 amide bonds. The lowest BCUT2D eigenvalue weighted by Gasteiger charge is -2.23. The summed E-state index contributed by atoms with van der Waals surface area (Å²) in [4.78, 5) is 8.67. The van der Waals surface area contributed by atoms with Gasteiger partial charge in [-0.05, 0) is 44.1 Å². The van der Waals surface area contributed by atoms with Gasteiger partial charge in [0.05, 0.1) is 0 Å². The average Bonchev–Trinajstić information content (AvgIpc) is 2.92. The third-order valence-electron chi connectivity index (χ3n) is 4.06. The van der Waals surface area contributed by atoms with Gasteiger partial charge in [-0.3, -0.25) is 0 Å². The molecule has 4 heteroatoms. The van der Waals surface area contributed by atoms with Gasteiger partial charge in [-0.25, -0.2) is 4.98 Å². The van der Waals surface area contributed by atoms with Crippen molar-refractivity contribution in [2.45, 2.75) is 38.6 Å². The first-order chi connectivity index (χ1) is 8.35. The van der Waals surface area contributed by atoms with Crippen molar-refractivity contribution in [2.75, 3.05) is 17.2 Å². The monoisotopic (exact) mass is 232 g/mol. The van der Waals surface area contributed by atoms with Crippen molar-refractivity contribution in [3.8, 4) is 0 Å². The first kappa shape index (κ1) is 10.8. The predicted octanol–water partition coefficient (Wildman–Crippen LogP) is 2.51. The Bertz CT molecular complexity index is 393. The predicted molar refractivity (Wildman–Crippen MR) is 69.1 cm³/mol. The zero-order valence-electron chi connectivity index (χ0n) is 10.3. The third kappa shape index (κ3) is 2.21. The summed E-state index contributed by atoms with van der Waals surface area (Å²) in [6.07, 6.45) is 7.40. The molecule has 4 nitrogen and oxygen atoms in total. The Morgan fingerprint density at radius 1 is 1.35 bits per heavy atom. The molecule has 3 atom stereocenters. The highest BCUT2D eigenvalue weighted by Gasteiger charge is 2.39. The fourth-order valence-electron chi connectivity index (χ4n) is 3.29. The molecule has 0 saturated heterocycles. The van der Waals surface area contributed by atoms with E-state index in [0.717, 1.165) is 30.1 Å². The van der Waals surface area contributed by atoms with Crippen LogP contribution in [-0.4, -0.2) is 22.6 Å². The molecular formula is C13H20N4. The summed E-state index contributed by atoms with van der Waals surface area (Å²) in [6, 6.07) is 2.60. The lowest BCUT2D eigenvalue weighted by atomic mass is 9.95. The molecule has 0 aromatic carbocycles. The molecule has 2 aliphatic rings. The number of aromatic nitrogens is 2. The van der Waals surface area contributed by atoms with Crippen LogP contribution < -0.4 is 10.6 Å². The van der Waals surface area contributed by atoms with E-state index in [0.29, 0.717) is 6.04 Å². The summed E-state index contributed by atoms with van der Waals surface area (Å²) in [5.41, 5.74) is 0. The molecule has 0 radical (unpaired) electrons. The van der Waals surface area contributed by atoms with Gasteiger partial charge in [0.1, 0.15) is 5.82 Å². The van der Waals surface area contributed by atoms with Crippen LogP contribution in [0.5, 0.6) is 0 Å². The Labute approximate surface area is 102 Å². The van der Waals surface area contributed by atoms with E-state index in [1.165, 1.54) is 25.7 Å². The minimum absolute atomic E-state index is 0.637. The minimum atomic E-state index is 0.637. The Morgan fingerprint density at radius 2 is 2.29 bits per heavy atom. The van der Waals surface area contributed by atoms with Gasteiger partial charge >= 0.3 is 0 Å². The van der Waals surface area contributed by atoms with Gasteiger partial charge in [0.25, 0.3) is 0 Å². The van der Waals surface area contributed by atoms with Gasteiger partial charge in [-0.15, -0.1) is 0 Å². The van der Waals surface area contributed by atoms with E-state index in [1.807, 2.05) is 12.3 Å². The Kier molecular flexibility index (Phi) is 2.87. The molecule has 17 heavy (non-hydrogen) atoms. The Morgan fingerprint density at radius 3 is 3.00 bits per heavy atom. The highest BCUT2D eigenvalue weighted by molar-refractivity contribution is 5.40. The van der Waals surface area contributed by atoms with Crippen LogP contribution in [-0.2, 0) is 0 Å². The number of hydrogen-bond donors (Lipinski definition) is 2. The van der Waals surface area contributed by atoms with Crippen LogP contribution in [0.15, 0.2) is 12.3 Å². The van der Waals surface area contributed by atoms with Crippen molar-refractivity contribution in [2.24, 2.45) is 11.8 Å². The molecule has 3 rings (SSSR count). The van der Waals surface area contributed by atoms with Gasteiger partial charge in [0.15, 0.2) is 0 Å². The van der Waals surface area contributed by atoms with Crippen LogP contribution in [0, 0.1) is 11.8 Å². The minimum Gasteiger partial charge on any atom is -0.367 e. The van der Waals surface area contributed by atoms with Crippen LogP contribution >= 0.6 is 0 Å². The maximum absolute atomic E-state index is 4.48. The summed E-state index contributed by atoms with van der Waals surface area (Å²) >= 11 is 0. The second kappa shape index (κ2) is 4.51. The van der Waals surface area contributed by atoms with Crippen molar-refractivity contribution < 1.29 is 0 Å². The zero-order valence-corrected chi connectivity index (χ0v) is 10.3. The highest BCUT2D eigenvalue weighted by atomic mass is 15.1. The Balaban J connectivity index is 1.66. The van der Waals surface area contributed by atoms with E-state index in [4.69, 9.17) is 0 Å². The molecule has 2 aliphatic carbocycles. The fraction of sp³-hybridized carbons (Fsp3) is 0.692. The molecule has 1 aromatic rings. The topological polar surface area (TPSA) is 49.8 Å². The molecule has 3 unspecified atom stereocenters. The number of fused-ring (bicyclic) bond motifs is 2. The maximum atomic E-state index is 4.48. The van der Waals surface area contributed by atoms with E-state index in [9.17, 15) is 0 Å². The van der Waals surface area contributed by atoms with Crippen LogP contribution in [0.3, 0.4) is 0 Å². The third-order valence-corrected chi connectivity index (χ3v) is 4.06. The number of nitrogens with one attached hydrogen (secondary N) is 2. The zero-order chi connectivity index (χ0) is 11.7. The van der Waals surface area contributed by atoms with Crippen molar-refractivity contribution in [1.29, 1.82) is 0 Å². The molecule has 1 aromatic heterocycles. The molecule has 2 fully saturated rings. The van der Waals surface area contributed by atoms with Crippen LogP contribution in [0.2, 0.25) is 0 Å². The molecule has 2 N–H and O–H groups in total. The van der Waals surface area contributed by atoms with E-state index < -0.39 is 0 Å². The summed E-state index contributed by atoms with van der Waals surface area (Å²) < 4.78 is 0. The van der Waals surface area contributed by atoms with Crippen LogP contribution in [0.25, 0.3) is 0 Å². The summed E-state index contributed by atoms with van der Waals surface area (Å²) in [7, 11) is 0. The molecule has 1 heterocycles. The lowest BCUT2D eigenvalue weighted by molar-refractivity contribution is 0.439. The van der Waals surface area contributed by atoms with Crippen molar-refractivity contribution in [3.05, 3.63) is 12.3 Å². The number of anilines is 2. The van der Waals surface area contributed by atoms with Crippen molar-refractivity contribution in [1.82, 2.24) is 9.97 Å². The summed E-state index contributed by atoms with van der Waals surface area (Å²) in [6.45, 7) is 2.91. The highest BCUT2D eigenvalue weighted by Crippen LogP contribution is 2.45. The number of rotatable bonds is 4. The second-order valence-electron chi connectivity index (χ2n) is 5.22. The smallest absolute Gasteiger partial charge is 0.224 e. The van der Waals surface area contributed by atoms with Gasteiger partial charge in [0, 0.05) is 18.8 Å². The SMILES string of the molecule is CCNc1nccc(NC2CC3CCC2C3)n1. The second-order valence-corrected chi connectivity index (χ2v) is 5.22. The molecular weight excluding hydrogens is 212 g/mol. The van der Waals surface area contributed by atoms with Crippen LogP contribution in [0.4, 0.5) is 11.8 Å². The molecule has 2 saturated carbocycles. The van der Waals surface area contributed by atoms with Crippen molar-refractivity contribution >= 4 is 11.8 Å². The Hall–Kier alpha value is -1.32. The normalized spacial score (nSPS) is 30.5. The maximum Gasteiger partial charge on any atom is 0.224 e. The standard InChI is InChI=1S/C13H20N4/c1-2-14-13-15-6-5-12(17-13)16-11-8-9-3-4-10(11)7-9/h5-6,9-11H,2-4,7-8H2,1H3,(H2,14,15,16,17). The van der Waals surface area contributed by atoms with E-state index >= 15 is 0 Å².